The summed E-state index contributed by atoms with van der Waals surface area (Å²) in [6, 6.07) is 6.47. The molecule has 2 atom stereocenters. The number of nitrogens with zero attached hydrogens (tertiary/aromatic N) is 1. The molecular weight excluding hydrogens is 244 g/mol. The minimum Gasteiger partial charge on any atom is -0.507 e. The van der Waals surface area contributed by atoms with Gasteiger partial charge in [0.1, 0.15) is 5.75 Å². The number of hydrogen-bond donors (Lipinski definition) is 2. The fourth-order valence-electron chi connectivity index (χ4n) is 2.43. The summed E-state index contributed by atoms with van der Waals surface area (Å²) >= 11 is 0. The van der Waals surface area contributed by atoms with Crippen LogP contribution in [-0.4, -0.2) is 34.4 Å². The number of para-hydroxylation sites is 1. The summed E-state index contributed by atoms with van der Waals surface area (Å²) in [5.41, 5.74) is 5.58. The lowest BCUT2D eigenvalue weighted by Crippen LogP contribution is -2.48. The highest BCUT2D eigenvalue weighted by atomic mass is 16.3. The van der Waals surface area contributed by atoms with Crippen molar-refractivity contribution in [2.45, 2.75) is 25.8 Å². The largest absolute Gasteiger partial charge is 0.507 e. The number of likely N-dealkylation sites (tertiary alicyclic amines) is 1. The molecule has 1 aromatic rings. The van der Waals surface area contributed by atoms with Gasteiger partial charge in [-0.3, -0.25) is 9.59 Å². The van der Waals surface area contributed by atoms with Crippen LogP contribution in [0.2, 0.25) is 0 Å². The number of nitrogens with two attached hydrogens (primary N) is 1. The summed E-state index contributed by atoms with van der Waals surface area (Å²) in [6.45, 7) is 2.26. The zero-order valence-electron chi connectivity index (χ0n) is 10.9. The fourth-order valence-corrected chi connectivity index (χ4v) is 2.43. The van der Waals surface area contributed by atoms with Gasteiger partial charge in [-0.2, -0.15) is 0 Å². The van der Waals surface area contributed by atoms with E-state index in [0.29, 0.717) is 13.0 Å². The van der Waals surface area contributed by atoms with Crippen molar-refractivity contribution in [2.24, 2.45) is 11.7 Å². The number of benzene rings is 1. The third kappa shape index (κ3) is 2.70. The number of aromatic hydroxyl groups is 1. The quantitative estimate of drug-likeness (QED) is 0.837. The van der Waals surface area contributed by atoms with Crippen molar-refractivity contribution in [1.82, 2.24) is 4.90 Å². The van der Waals surface area contributed by atoms with Crippen molar-refractivity contribution in [1.29, 1.82) is 0 Å². The topological polar surface area (TPSA) is 83.6 Å². The summed E-state index contributed by atoms with van der Waals surface area (Å²) in [5.74, 6) is -0.967. The van der Waals surface area contributed by atoms with Gasteiger partial charge in [0.05, 0.1) is 11.5 Å². The number of primary amides is 1. The molecule has 2 unspecified atom stereocenters. The number of carbonyl (C=O) groups is 2. The highest BCUT2D eigenvalue weighted by Gasteiger charge is 2.32. The Morgan fingerprint density at radius 1 is 1.32 bits per heavy atom. The first-order valence-electron chi connectivity index (χ1n) is 6.39. The van der Waals surface area contributed by atoms with Gasteiger partial charge in [0.2, 0.25) is 5.91 Å². The van der Waals surface area contributed by atoms with E-state index in [4.69, 9.17) is 5.73 Å². The normalized spacial score (nSPS) is 23.1. The molecule has 2 amide bonds. The van der Waals surface area contributed by atoms with Crippen molar-refractivity contribution >= 4 is 11.8 Å². The molecule has 5 heteroatoms. The third-order valence-corrected chi connectivity index (χ3v) is 3.68. The summed E-state index contributed by atoms with van der Waals surface area (Å²) in [6.07, 6.45) is 1.45. The molecule has 3 N–H and O–H groups in total. The first kappa shape index (κ1) is 13.4. The maximum atomic E-state index is 12.4. The van der Waals surface area contributed by atoms with Gasteiger partial charge in [0, 0.05) is 12.6 Å². The smallest absolute Gasteiger partial charge is 0.257 e. The number of piperidine rings is 1. The molecule has 5 nitrogen and oxygen atoms in total. The molecule has 0 aliphatic carbocycles. The van der Waals surface area contributed by atoms with Crippen LogP contribution in [0, 0.1) is 5.92 Å². The van der Waals surface area contributed by atoms with Crippen LogP contribution in [0.5, 0.6) is 5.75 Å². The first-order valence-corrected chi connectivity index (χ1v) is 6.39. The van der Waals surface area contributed by atoms with E-state index in [1.165, 1.54) is 6.07 Å². The molecule has 1 fully saturated rings. The predicted octanol–water partition coefficient (Wildman–Crippen LogP) is 1.12. The predicted molar refractivity (Wildman–Crippen MR) is 70.5 cm³/mol. The van der Waals surface area contributed by atoms with Gasteiger partial charge in [-0.25, -0.2) is 0 Å². The van der Waals surface area contributed by atoms with Crippen LogP contribution in [0.4, 0.5) is 0 Å². The third-order valence-electron chi connectivity index (χ3n) is 3.68. The fraction of sp³-hybridized carbons (Fsp3) is 0.429. The van der Waals surface area contributed by atoms with Crippen LogP contribution in [0.3, 0.4) is 0 Å². The number of hydrogen-bond acceptors (Lipinski definition) is 3. The highest BCUT2D eigenvalue weighted by molar-refractivity contribution is 5.97. The van der Waals surface area contributed by atoms with E-state index in [1.807, 2.05) is 6.92 Å². The Kier molecular flexibility index (Phi) is 3.74. The van der Waals surface area contributed by atoms with Gasteiger partial charge >= 0.3 is 0 Å². The van der Waals surface area contributed by atoms with Crippen LogP contribution in [0.15, 0.2) is 24.3 Å². The average Bonchev–Trinajstić information content (AvgIpc) is 2.38. The lowest BCUT2D eigenvalue weighted by atomic mass is 9.92. The molecule has 0 bridgehead atoms. The maximum absolute atomic E-state index is 12.4. The second-order valence-electron chi connectivity index (χ2n) is 5.00. The Morgan fingerprint density at radius 3 is 2.63 bits per heavy atom. The van der Waals surface area contributed by atoms with Gasteiger partial charge in [-0.15, -0.1) is 0 Å². The minimum absolute atomic E-state index is 0.0408. The Balaban J connectivity index is 2.22. The molecule has 1 aliphatic heterocycles. The Hall–Kier alpha value is -2.04. The summed E-state index contributed by atoms with van der Waals surface area (Å²) in [4.78, 5) is 25.3. The molecule has 1 heterocycles. The second-order valence-corrected chi connectivity index (χ2v) is 5.00. The minimum atomic E-state index is -0.373. The van der Waals surface area contributed by atoms with E-state index < -0.39 is 0 Å². The molecule has 1 aromatic carbocycles. The van der Waals surface area contributed by atoms with Gasteiger partial charge in [-0.05, 0) is 31.9 Å². The highest BCUT2D eigenvalue weighted by Crippen LogP contribution is 2.26. The van der Waals surface area contributed by atoms with Crippen LogP contribution in [-0.2, 0) is 4.79 Å². The number of phenols is 1. The Morgan fingerprint density at radius 2 is 2.00 bits per heavy atom. The van der Waals surface area contributed by atoms with Crippen molar-refractivity contribution in [3.63, 3.8) is 0 Å². The van der Waals surface area contributed by atoms with Gasteiger partial charge in [0.15, 0.2) is 0 Å². The number of rotatable bonds is 2. The van der Waals surface area contributed by atoms with E-state index in [0.717, 1.165) is 6.42 Å². The summed E-state index contributed by atoms with van der Waals surface area (Å²) in [5, 5.41) is 9.73. The summed E-state index contributed by atoms with van der Waals surface area (Å²) in [7, 11) is 0. The lowest BCUT2D eigenvalue weighted by molar-refractivity contribution is -0.123. The first-order chi connectivity index (χ1) is 9.00. The zero-order valence-corrected chi connectivity index (χ0v) is 10.9. The van der Waals surface area contributed by atoms with E-state index in [-0.39, 0.29) is 35.1 Å². The summed E-state index contributed by atoms with van der Waals surface area (Å²) < 4.78 is 0. The average molecular weight is 262 g/mol. The Labute approximate surface area is 112 Å². The van der Waals surface area contributed by atoms with E-state index in [1.54, 1.807) is 23.1 Å². The molecule has 2 rings (SSSR count). The van der Waals surface area contributed by atoms with Crippen molar-refractivity contribution in [2.75, 3.05) is 6.54 Å². The molecule has 0 radical (unpaired) electrons. The van der Waals surface area contributed by atoms with Crippen LogP contribution >= 0.6 is 0 Å². The maximum Gasteiger partial charge on any atom is 0.257 e. The number of carbonyl (C=O) groups excluding carboxylic acids is 2. The monoisotopic (exact) mass is 262 g/mol. The standard InChI is InChI=1S/C14H18N2O3/c1-9-6-7-10(13(15)18)8-16(9)14(19)11-4-2-3-5-12(11)17/h2-5,9-10,17H,6-8H2,1H3,(H2,15,18). The molecule has 102 valence electrons. The van der Waals surface area contributed by atoms with Gasteiger partial charge in [0.25, 0.3) is 5.91 Å². The van der Waals surface area contributed by atoms with Crippen LogP contribution in [0.1, 0.15) is 30.1 Å². The molecule has 19 heavy (non-hydrogen) atoms. The second kappa shape index (κ2) is 5.30. The van der Waals surface area contributed by atoms with Gasteiger partial charge in [-0.1, -0.05) is 12.1 Å². The molecule has 1 aliphatic rings. The molecular formula is C14H18N2O3. The molecule has 0 saturated carbocycles. The van der Waals surface area contributed by atoms with Crippen LogP contribution in [0.25, 0.3) is 0 Å². The molecule has 0 aromatic heterocycles. The van der Waals surface area contributed by atoms with Crippen molar-refractivity contribution in [3.8, 4) is 5.75 Å². The van der Waals surface area contributed by atoms with Gasteiger partial charge < -0.3 is 15.7 Å². The van der Waals surface area contributed by atoms with Crippen molar-refractivity contribution < 1.29 is 14.7 Å². The van der Waals surface area contributed by atoms with E-state index in [9.17, 15) is 14.7 Å². The van der Waals surface area contributed by atoms with Crippen molar-refractivity contribution in [3.05, 3.63) is 29.8 Å². The molecule has 1 saturated heterocycles. The van der Waals surface area contributed by atoms with Crippen LogP contribution < -0.4 is 5.73 Å². The van der Waals surface area contributed by atoms with E-state index in [2.05, 4.69) is 0 Å². The zero-order chi connectivity index (χ0) is 14.0. The Bertz CT molecular complexity index is 501. The van der Waals surface area contributed by atoms with E-state index >= 15 is 0 Å². The SMILES string of the molecule is CC1CCC(C(N)=O)CN1C(=O)c1ccccc1O. The lowest BCUT2D eigenvalue weighted by Gasteiger charge is -2.37. The molecule has 0 spiro atoms. The number of amides is 2. The number of phenolic OH excluding ortho intramolecular Hbond substituents is 1.